The van der Waals surface area contributed by atoms with Crippen LogP contribution in [0.5, 0.6) is 0 Å². The van der Waals surface area contributed by atoms with E-state index in [0.717, 1.165) is 11.1 Å². The Balaban J connectivity index is 2.58. The predicted octanol–water partition coefficient (Wildman–Crippen LogP) is 2.38. The second kappa shape index (κ2) is 3.64. The third kappa shape index (κ3) is 1.54. The molecule has 0 atom stereocenters. The van der Waals surface area contributed by atoms with Crippen molar-refractivity contribution in [3.8, 4) is 11.1 Å². The van der Waals surface area contributed by atoms with Crippen molar-refractivity contribution in [3.05, 3.63) is 41.9 Å². The van der Waals surface area contributed by atoms with E-state index in [0.29, 0.717) is 10.8 Å². The fourth-order valence-electron chi connectivity index (χ4n) is 1.23. The minimum atomic E-state index is 0.333. The Kier molecular flexibility index (Phi) is 2.33. The van der Waals surface area contributed by atoms with E-state index in [4.69, 9.17) is 17.3 Å². The zero-order chi connectivity index (χ0) is 9.97. The van der Waals surface area contributed by atoms with Crippen LogP contribution in [-0.2, 0) is 0 Å². The standard InChI is InChI=1S/C10H8ClN3/c11-10-9(12)8(3-6-14-10)7-1-4-13-5-2-7/h1-6H,12H2. The maximum absolute atomic E-state index is 5.81. The molecule has 0 unspecified atom stereocenters. The normalized spacial score (nSPS) is 10.1. The monoisotopic (exact) mass is 205 g/mol. The summed E-state index contributed by atoms with van der Waals surface area (Å²) in [6.45, 7) is 0. The van der Waals surface area contributed by atoms with E-state index in [1.165, 1.54) is 0 Å². The molecular formula is C10H8ClN3. The Morgan fingerprint density at radius 3 is 2.50 bits per heavy atom. The molecule has 2 aromatic heterocycles. The first-order valence-electron chi connectivity index (χ1n) is 4.09. The molecule has 4 heteroatoms. The summed E-state index contributed by atoms with van der Waals surface area (Å²) in [6.07, 6.45) is 5.06. The lowest BCUT2D eigenvalue weighted by atomic mass is 10.1. The van der Waals surface area contributed by atoms with Crippen LogP contribution in [-0.4, -0.2) is 9.97 Å². The van der Waals surface area contributed by atoms with Gasteiger partial charge in [0.1, 0.15) is 0 Å². The van der Waals surface area contributed by atoms with E-state index in [1.807, 2.05) is 18.2 Å². The van der Waals surface area contributed by atoms with Crippen LogP contribution in [0.3, 0.4) is 0 Å². The van der Waals surface area contributed by atoms with Crippen molar-refractivity contribution in [2.75, 3.05) is 5.73 Å². The first kappa shape index (κ1) is 8.97. The van der Waals surface area contributed by atoms with Gasteiger partial charge in [-0.2, -0.15) is 0 Å². The highest BCUT2D eigenvalue weighted by Gasteiger charge is 2.05. The number of aromatic nitrogens is 2. The van der Waals surface area contributed by atoms with Crippen molar-refractivity contribution < 1.29 is 0 Å². The summed E-state index contributed by atoms with van der Waals surface area (Å²) in [6, 6.07) is 5.58. The highest BCUT2D eigenvalue weighted by atomic mass is 35.5. The molecule has 0 aromatic carbocycles. The van der Waals surface area contributed by atoms with Crippen molar-refractivity contribution >= 4 is 17.3 Å². The lowest BCUT2D eigenvalue weighted by Crippen LogP contribution is -1.93. The first-order valence-corrected chi connectivity index (χ1v) is 4.47. The Hall–Kier alpha value is -1.61. The number of hydrogen-bond donors (Lipinski definition) is 1. The molecule has 2 heterocycles. The van der Waals surface area contributed by atoms with Crippen molar-refractivity contribution in [2.45, 2.75) is 0 Å². The summed E-state index contributed by atoms with van der Waals surface area (Å²) in [4.78, 5) is 7.82. The third-order valence-electron chi connectivity index (χ3n) is 1.93. The van der Waals surface area contributed by atoms with Crippen molar-refractivity contribution in [1.29, 1.82) is 0 Å². The molecule has 3 nitrogen and oxygen atoms in total. The van der Waals surface area contributed by atoms with Gasteiger partial charge < -0.3 is 5.73 Å². The summed E-state index contributed by atoms with van der Waals surface area (Å²) >= 11 is 5.81. The van der Waals surface area contributed by atoms with Gasteiger partial charge >= 0.3 is 0 Å². The number of nitrogens with zero attached hydrogens (tertiary/aromatic N) is 2. The zero-order valence-electron chi connectivity index (χ0n) is 7.31. The highest BCUT2D eigenvalue weighted by Crippen LogP contribution is 2.28. The fraction of sp³-hybridized carbons (Fsp3) is 0. The van der Waals surface area contributed by atoms with E-state index in [2.05, 4.69) is 9.97 Å². The second-order valence-corrected chi connectivity index (χ2v) is 3.16. The van der Waals surface area contributed by atoms with Gasteiger partial charge in [-0.25, -0.2) is 4.98 Å². The molecule has 0 radical (unpaired) electrons. The molecule has 2 rings (SSSR count). The number of anilines is 1. The molecule has 2 N–H and O–H groups in total. The summed E-state index contributed by atoms with van der Waals surface area (Å²) < 4.78 is 0. The van der Waals surface area contributed by atoms with E-state index < -0.39 is 0 Å². The van der Waals surface area contributed by atoms with Crippen LogP contribution >= 0.6 is 11.6 Å². The molecule has 0 fully saturated rings. The van der Waals surface area contributed by atoms with Crippen LogP contribution in [0.1, 0.15) is 0 Å². The minimum Gasteiger partial charge on any atom is -0.396 e. The third-order valence-corrected chi connectivity index (χ3v) is 2.23. The van der Waals surface area contributed by atoms with Crippen LogP contribution in [0.4, 0.5) is 5.69 Å². The minimum absolute atomic E-state index is 0.333. The average Bonchev–Trinajstić information content (AvgIpc) is 2.23. The molecular weight excluding hydrogens is 198 g/mol. The molecule has 0 saturated carbocycles. The van der Waals surface area contributed by atoms with Crippen molar-refractivity contribution in [2.24, 2.45) is 0 Å². The van der Waals surface area contributed by atoms with Gasteiger partial charge in [-0.05, 0) is 23.8 Å². The highest BCUT2D eigenvalue weighted by molar-refractivity contribution is 6.32. The Morgan fingerprint density at radius 2 is 1.79 bits per heavy atom. The SMILES string of the molecule is Nc1c(-c2ccncc2)ccnc1Cl. The van der Waals surface area contributed by atoms with E-state index >= 15 is 0 Å². The second-order valence-electron chi connectivity index (χ2n) is 2.80. The van der Waals surface area contributed by atoms with Gasteiger partial charge in [-0.1, -0.05) is 11.6 Å². The molecule has 0 aliphatic heterocycles. The number of nitrogen functional groups attached to an aromatic ring is 1. The summed E-state index contributed by atoms with van der Waals surface area (Å²) in [5, 5.41) is 0.333. The topological polar surface area (TPSA) is 51.8 Å². The number of halogens is 1. The molecule has 0 spiro atoms. The lowest BCUT2D eigenvalue weighted by molar-refractivity contribution is 1.31. The van der Waals surface area contributed by atoms with Gasteiger partial charge in [-0.3, -0.25) is 4.98 Å². The molecule has 0 bridgehead atoms. The first-order chi connectivity index (χ1) is 6.79. The van der Waals surface area contributed by atoms with E-state index in [-0.39, 0.29) is 0 Å². The van der Waals surface area contributed by atoms with Crippen LogP contribution in [0.2, 0.25) is 5.15 Å². The number of hydrogen-bond acceptors (Lipinski definition) is 3. The predicted molar refractivity (Wildman–Crippen MR) is 56.9 cm³/mol. The molecule has 14 heavy (non-hydrogen) atoms. The Labute approximate surface area is 86.6 Å². The number of pyridine rings is 2. The maximum atomic E-state index is 5.81. The summed E-state index contributed by atoms with van der Waals surface area (Å²) in [5.41, 5.74) is 8.17. The molecule has 2 aromatic rings. The Bertz CT molecular complexity index is 442. The molecule has 0 aliphatic rings. The van der Waals surface area contributed by atoms with Crippen molar-refractivity contribution in [3.63, 3.8) is 0 Å². The number of nitrogens with two attached hydrogens (primary N) is 1. The molecule has 70 valence electrons. The average molecular weight is 206 g/mol. The van der Waals surface area contributed by atoms with Crippen LogP contribution < -0.4 is 5.73 Å². The summed E-state index contributed by atoms with van der Waals surface area (Å²) in [7, 11) is 0. The van der Waals surface area contributed by atoms with Gasteiger partial charge in [0.15, 0.2) is 5.15 Å². The van der Waals surface area contributed by atoms with Gasteiger partial charge in [0.2, 0.25) is 0 Å². The lowest BCUT2D eigenvalue weighted by Gasteiger charge is -2.05. The van der Waals surface area contributed by atoms with Gasteiger partial charge in [0.05, 0.1) is 5.69 Å². The smallest absolute Gasteiger partial charge is 0.152 e. The maximum Gasteiger partial charge on any atom is 0.152 e. The fourth-order valence-corrected chi connectivity index (χ4v) is 1.39. The van der Waals surface area contributed by atoms with Crippen LogP contribution in [0.25, 0.3) is 11.1 Å². The van der Waals surface area contributed by atoms with Gasteiger partial charge in [-0.15, -0.1) is 0 Å². The molecule has 0 aliphatic carbocycles. The largest absolute Gasteiger partial charge is 0.396 e. The van der Waals surface area contributed by atoms with Crippen LogP contribution in [0.15, 0.2) is 36.8 Å². The van der Waals surface area contributed by atoms with E-state index in [1.54, 1.807) is 18.6 Å². The van der Waals surface area contributed by atoms with Crippen molar-refractivity contribution in [1.82, 2.24) is 9.97 Å². The Morgan fingerprint density at radius 1 is 1.07 bits per heavy atom. The van der Waals surface area contributed by atoms with Gasteiger partial charge in [0.25, 0.3) is 0 Å². The zero-order valence-corrected chi connectivity index (χ0v) is 8.07. The van der Waals surface area contributed by atoms with E-state index in [9.17, 15) is 0 Å². The summed E-state index contributed by atoms with van der Waals surface area (Å²) in [5.74, 6) is 0. The molecule has 0 amide bonds. The van der Waals surface area contributed by atoms with Gasteiger partial charge in [0, 0.05) is 24.2 Å². The quantitative estimate of drug-likeness (QED) is 0.728. The van der Waals surface area contributed by atoms with Crippen LogP contribution in [0, 0.1) is 0 Å². The molecule has 0 saturated heterocycles. The number of rotatable bonds is 1.